The van der Waals surface area contributed by atoms with Crippen LogP contribution >= 0.6 is 23.1 Å². The number of benzene rings is 1. The summed E-state index contributed by atoms with van der Waals surface area (Å²) in [6, 6.07) is 14.9. The largest absolute Gasteiger partial charge is 0.374 e. The van der Waals surface area contributed by atoms with E-state index in [0.717, 1.165) is 49.0 Å². The maximum absolute atomic E-state index is 5.97. The summed E-state index contributed by atoms with van der Waals surface area (Å²) < 4.78 is 8.27. The van der Waals surface area contributed by atoms with E-state index in [9.17, 15) is 0 Å². The molecule has 1 aliphatic heterocycles. The highest BCUT2D eigenvalue weighted by molar-refractivity contribution is 7.99. The molecular weight excluding hydrogens is 374 g/mol. The smallest absolute Gasteiger partial charge is 0.191 e. The molecule has 0 aliphatic carbocycles. The maximum Gasteiger partial charge on any atom is 0.191 e. The lowest BCUT2D eigenvalue weighted by Crippen LogP contribution is -2.13. The molecule has 4 nitrogen and oxygen atoms in total. The summed E-state index contributed by atoms with van der Waals surface area (Å²) in [4.78, 5) is 1.33. The maximum atomic E-state index is 5.97. The van der Waals surface area contributed by atoms with Gasteiger partial charge in [-0.25, -0.2) is 0 Å². The number of aryl methyl sites for hydroxylation is 1. The Morgan fingerprint density at radius 3 is 2.78 bits per heavy atom. The van der Waals surface area contributed by atoms with E-state index in [-0.39, 0.29) is 0 Å². The molecule has 3 aromatic rings. The zero-order valence-electron chi connectivity index (χ0n) is 15.6. The third-order valence-electron chi connectivity index (χ3n) is 4.89. The van der Waals surface area contributed by atoms with Gasteiger partial charge in [-0.05, 0) is 43.2 Å². The van der Waals surface area contributed by atoms with Gasteiger partial charge in [-0.15, -0.1) is 21.5 Å². The Hall–Kier alpha value is -1.63. The fraction of sp³-hybridized carbons (Fsp3) is 0.429. The second-order valence-corrected chi connectivity index (χ2v) is 9.02. The summed E-state index contributed by atoms with van der Waals surface area (Å²) in [6.07, 6.45) is 4.87. The second-order valence-electron chi connectivity index (χ2n) is 7.00. The summed E-state index contributed by atoms with van der Waals surface area (Å²) in [7, 11) is 0. The van der Waals surface area contributed by atoms with Crippen molar-refractivity contribution in [2.24, 2.45) is 0 Å². The summed E-state index contributed by atoms with van der Waals surface area (Å²) in [5.74, 6) is 2.00. The summed E-state index contributed by atoms with van der Waals surface area (Å²) in [5.41, 5.74) is 1.34. The van der Waals surface area contributed by atoms with Crippen LogP contribution < -0.4 is 0 Å². The first-order valence-electron chi connectivity index (χ1n) is 9.54. The van der Waals surface area contributed by atoms with Crippen molar-refractivity contribution in [2.45, 2.75) is 56.5 Å². The van der Waals surface area contributed by atoms with Crippen molar-refractivity contribution in [3.8, 4) is 0 Å². The third-order valence-corrected chi connectivity index (χ3v) is 6.87. The van der Waals surface area contributed by atoms with Crippen LogP contribution in [0.15, 0.2) is 53.0 Å². The number of nitrogens with zero attached hydrogens (tertiary/aromatic N) is 3. The van der Waals surface area contributed by atoms with Gasteiger partial charge in [0.2, 0.25) is 0 Å². The van der Waals surface area contributed by atoms with Crippen LogP contribution in [0.3, 0.4) is 0 Å². The normalized spacial score (nSPS) is 19.6. The topological polar surface area (TPSA) is 39.9 Å². The van der Waals surface area contributed by atoms with Crippen LogP contribution in [0.4, 0.5) is 0 Å². The molecule has 142 valence electrons. The SMILES string of the molecule is C[C@H]1CC[C@H](CSc2nnc(Cc3cccs3)n2CCc2ccccc2)O1. The van der Waals surface area contributed by atoms with Crippen molar-refractivity contribution in [3.63, 3.8) is 0 Å². The van der Waals surface area contributed by atoms with Gasteiger partial charge in [0, 0.05) is 23.6 Å². The number of hydrogen-bond acceptors (Lipinski definition) is 5. The van der Waals surface area contributed by atoms with E-state index in [0.29, 0.717) is 12.2 Å². The Kier molecular flexibility index (Phi) is 6.27. The molecule has 4 rings (SSSR count). The Morgan fingerprint density at radius 1 is 1.15 bits per heavy atom. The van der Waals surface area contributed by atoms with Gasteiger partial charge >= 0.3 is 0 Å². The molecule has 0 spiro atoms. The molecule has 0 saturated carbocycles. The van der Waals surface area contributed by atoms with Crippen LogP contribution in [0.1, 0.15) is 36.0 Å². The molecule has 2 aromatic heterocycles. The van der Waals surface area contributed by atoms with E-state index in [2.05, 4.69) is 69.5 Å². The zero-order valence-corrected chi connectivity index (χ0v) is 17.2. The summed E-state index contributed by atoms with van der Waals surface area (Å²) >= 11 is 3.56. The average Bonchev–Trinajstić information content (AvgIpc) is 3.42. The quantitative estimate of drug-likeness (QED) is 0.509. The predicted molar refractivity (Wildman–Crippen MR) is 112 cm³/mol. The molecule has 0 bridgehead atoms. The van der Waals surface area contributed by atoms with E-state index in [1.807, 2.05) is 0 Å². The van der Waals surface area contributed by atoms with E-state index in [1.165, 1.54) is 10.4 Å². The minimum absolute atomic E-state index is 0.338. The number of hydrogen-bond donors (Lipinski definition) is 0. The highest BCUT2D eigenvalue weighted by Crippen LogP contribution is 2.27. The minimum Gasteiger partial charge on any atom is -0.374 e. The first-order valence-corrected chi connectivity index (χ1v) is 11.4. The molecular formula is C21H25N3OS2. The van der Waals surface area contributed by atoms with Crippen molar-refractivity contribution >= 4 is 23.1 Å². The summed E-state index contributed by atoms with van der Waals surface area (Å²) in [6.45, 7) is 3.06. The van der Waals surface area contributed by atoms with Crippen LogP contribution in [-0.2, 0) is 24.1 Å². The number of thioether (sulfide) groups is 1. The monoisotopic (exact) mass is 399 g/mol. The lowest BCUT2D eigenvalue weighted by atomic mass is 10.1. The van der Waals surface area contributed by atoms with Crippen molar-refractivity contribution < 1.29 is 4.74 Å². The third kappa shape index (κ3) is 5.00. The first kappa shape index (κ1) is 18.7. The molecule has 1 aromatic carbocycles. The Labute approximate surface area is 169 Å². The van der Waals surface area contributed by atoms with Crippen molar-refractivity contribution in [3.05, 3.63) is 64.1 Å². The molecule has 2 atom stereocenters. The number of thiophene rings is 1. The summed E-state index contributed by atoms with van der Waals surface area (Å²) in [5, 5.41) is 12.2. The average molecular weight is 400 g/mol. The van der Waals surface area contributed by atoms with Gasteiger partial charge in [0.05, 0.1) is 12.2 Å². The number of rotatable bonds is 8. The lowest BCUT2D eigenvalue weighted by molar-refractivity contribution is 0.0699. The van der Waals surface area contributed by atoms with Gasteiger partial charge in [0.1, 0.15) is 5.82 Å². The van der Waals surface area contributed by atoms with Crippen molar-refractivity contribution in [2.75, 3.05) is 5.75 Å². The molecule has 0 radical (unpaired) electrons. The van der Waals surface area contributed by atoms with Gasteiger partial charge in [-0.1, -0.05) is 48.2 Å². The fourth-order valence-electron chi connectivity index (χ4n) is 3.41. The van der Waals surface area contributed by atoms with Gasteiger partial charge in [-0.3, -0.25) is 0 Å². The first-order chi connectivity index (χ1) is 13.3. The van der Waals surface area contributed by atoms with Crippen LogP contribution in [0.2, 0.25) is 0 Å². The van der Waals surface area contributed by atoms with Crippen molar-refractivity contribution in [1.29, 1.82) is 0 Å². The zero-order chi connectivity index (χ0) is 18.5. The Balaban J connectivity index is 1.47. The Morgan fingerprint density at radius 2 is 2.04 bits per heavy atom. The number of ether oxygens (including phenoxy) is 1. The van der Waals surface area contributed by atoms with Crippen molar-refractivity contribution in [1.82, 2.24) is 14.8 Å². The highest BCUT2D eigenvalue weighted by Gasteiger charge is 2.23. The standard InChI is InChI=1S/C21H25N3OS2/c1-16-9-10-18(25-16)15-27-21-23-22-20(14-19-8-5-13-26-19)24(21)12-11-17-6-3-2-4-7-17/h2-8,13,16,18H,9-12,14-15H2,1H3/t16-,18+/m0/s1. The van der Waals surface area contributed by atoms with Gasteiger partial charge in [-0.2, -0.15) is 0 Å². The van der Waals surface area contributed by atoms with E-state index in [4.69, 9.17) is 4.74 Å². The fourth-order valence-corrected chi connectivity index (χ4v) is 5.14. The number of aromatic nitrogens is 3. The molecule has 0 N–H and O–H groups in total. The molecule has 1 aliphatic rings. The molecule has 1 fully saturated rings. The predicted octanol–water partition coefficient (Wildman–Crippen LogP) is 4.83. The molecule has 0 unspecified atom stereocenters. The molecule has 1 saturated heterocycles. The lowest BCUT2D eigenvalue weighted by Gasteiger charge is -2.12. The Bertz CT molecular complexity index is 833. The minimum atomic E-state index is 0.338. The van der Waals surface area contributed by atoms with E-state index >= 15 is 0 Å². The van der Waals surface area contributed by atoms with Crippen LogP contribution in [0.5, 0.6) is 0 Å². The molecule has 0 amide bonds. The van der Waals surface area contributed by atoms with Crippen LogP contribution in [0.25, 0.3) is 0 Å². The van der Waals surface area contributed by atoms with Gasteiger partial charge < -0.3 is 9.30 Å². The highest BCUT2D eigenvalue weighted by atomic mass is 32.2. The van der Waals surface area contributed by atoms with E-state index < -0.39 is 0 Å². The second kappa shape index (κ2) is 9.04. The van der Waals surface area contributed by atoms with Gasteiger partial charge in [0.25, 0.3) is 0 Å². The van der Waals surface area contributed by atoms with Gasteiger partial charge in [0.15, 0.2) is 5.16 Å². The van der Waals surface area contributed by atoms with E-state index in [1.54, 1.807) is 23.1 Å². The van der Waals surface area contributed by atoms with Crippen LogP contribution in [0, 0.1) is 0 Å². The molecule has 6 heteroatoms. The molecule has 3 heterocycles. The van der Waals surface area contributed by atoms with Crippen LogP contribution in [-0.4, -0.2) is 32.7 Å². The molecule has 27 heavy (non-hydrogen) atoms.